The Morgan fingerprint density at radius 1 is 1.11 bits per heavy atom. The van der Waals surface area contributed by atoms with Crippen molar-refractivity contribution in [3.8, 4) is 11.5 Å². The fraction of sp³-hybridized carbons (Fsp3) is 0.278. The molecule has 2 aromatic heterocycles. The highest BCUT2D eigenvalue weighted by atomic mass is 16.7. The first-order valence-electron chi connectivity index (χ1n) is 8.36. The number of nitrogens with zero attached hydrogens (tertiary/aromatic N) is 3. The van der Waals surface area contributed by atoms with Gasteiger partial charge in [0.2, 0.25) is 12.7 Å². The van der Waals surface area contributed by atoms with Crippen LogP contribution in [0.15, 0.2) is 40.1 Å². The number of amides is 1. The van der Waals surface area contributed by atoms with E-state index in [-0.39, 0.29) is 24.8 Å². The fourth-order valence-corrected chi connectivity index (χ4v) is 3.18. The molecule has 0 saturated carbocycles. The second kappa shape index (κ2) is 6.35. The van der Waals surface area contributed by atoms with Crippen molar-refractivity contribution in [2.45, 2.75) is 13.1 Å². The molecule has 3 heterocycles. The molecule has 0 atom stereocenters. The molecule has 0 fully saturated rings. The quantitative estimate of drug-likeness (QED) is 0.702. The summed E-state index contributed by atoms with van der Waals surface area (Å²) in [6.45, 7) is 0.522. The monoisotopic (exact) mass is 370 g/mol. The van der Waals surface area contributed by atoms with E-state index in [4.69, 9.17) is 9.47 Å². The molecule has 1 aromatic carbocycles. The summed E-state index contributed by atoms with van der Waals surface area (Å²) in [7, 11) is 3.00. The minimum atomic E-state index is -0.437. The van der Waals surface area contributed by atoms with E-state index >= 15 is 0 Å². The van der Waals surface area contributed by atoms with Gasteiger partial charge in [0.15, 0.2) is 11.5 Å². The van der Waals surface area contributed by atoms with E-state index in [1.807, 2.05) is 12.1 Å². The molecule has 9 nitrogen and oxygen atoms in total. The van der Waals surface area contributed by atoms with Gasteiger partial charge in [-0.1, -0.05) is 6.07 Å². The molecule has 0 aliphatic carbocycles. The molecule has 0 unspecified atom stereocenters. The summed E-state index contributed by atoms with van der Waals surface area (Å²) >= 11 is 0. The van der Waals surface area contributed by atoms with Gasteiger partial charge in [-0.15, -0.1) is 0 Å². The Morgan fingerprint density at radius 2 is 1.89 bits per heavy atom. The number of rotatable bonds is 4. The smallest absolute Gasteiger partial charge is 0.332 e. The van der Waals surface area contributed by atoms with Crippen LogP contribution in [0.5, 0.6) is 11.5 Å². The van der Waals surface area contributed by atoms with Crippen LogP contribution in [0.25, 0.3) is 11.0 Å². The summed E-state index contributed by atoms with van der Waals surface area (Å²) in [6.07, 6.45) is 1.63. The van der Waals surface area contributed by atoms with Gasteiger partial charge in [0.25, 0.3) is 5.56 Å². The van der Waals surface area contributed by atoms with Crippen molar-refractivity contribution in [2.75, 3.05) is 6.79 Å². The van der Waals surface area contributed by atoms with Crippen LogP contribution in [0.1, 0.15) is 5.56 Å². The lowest BCUT2D eigenvalue weighted by molar-refractivity contribution is -0.121. The van der Waals surface area contributed by atoms with Crippen molar-refractivity contribution >= 4 is 16.9 Å². The molecular formula is C18H18N4O5. The van der Waals surface area contributed by atoms with Crippen molar-refractivity contribution in [2.24, 2.45) is 14.1 Å². The molecule has 1 N–H and O–H groups in total. The molecule has 1 amide bonds. The van der Waals surface area contributed by atoms with E-state index in [1.54, 1.807) is 29.9 Å². The molecule has 1 aliphatic heterocycles. The van der Waals surface area contributed by atoms with Crippen LogP contribution in [0.2, 0.25) is 0 Å². The van der Waals surface area contributed by atoms with Gasteiger partial charge in [0.1, 0.15) is 12.2 Å². The van der Waals surface area contributed by atoms with Gasteiger partial charge in [0, 0.05) is 26.8 Å². The Balaban J connectivity index is 1.52. The third kappa shape index (κ3) is 2.86. The van der Waals surface area contributed by atoms with Crippen LogP contribution >= 0.6 is 0 Å². The van der Waals surface area contributed by atoms with Gasteiger partial charge >= 0.3 is 5.69 Å². The normalized spacial score (nSPS) is 12.5. The van der Waals surface area contributed by atoms with Gasteiger partial charge in [-0.05, 0) is 23.8 Å². The molecule has 0 bridgehead atoms. The molecule has 3 aromatic rings. The molecule has 140 valence electrons. The Morgan fingerprint density at radius 3 is 2.70 bits per heavy atom. The lowest BCUT2D eigenvalue weighted by atomic mass is 10.2. The number of benzene rings is 1. The summed E-state index contributed by atoms with van der Waals surface area (Å²) in [5.74, 6) is 1.11. The minimum absolute atomic E-state index is 0.00546. The summed E-state index contributed by atoms with van der Waals surface area (Å²) < 4.78 is 14.6. The third-order valence-electron chi connectivity index (χ3n) is 4.60. The fourth-order valence-electron chi connectivity index (χ4n) is 3.18. The topological polar surface area (TPSA) is 96.5 Å². The van der Waals surface area contributed by atoms with Gasteiger partial charge in [-0.3, -0.25) is 18.7 Å². The molecule has 27 heavy (non-hydrogen) atoms. The van der Waals surface area contributed by atoms with Gasteiger partial charge in [0.05, 0.1) is 5.39 Å². The lowest BCUT2D eigenvalue weighted by Crippen LogP contribution is -2.37. The average molecular weight is 370 g/mol. The van der Waals surface area contributed by atoms with Gasteiger partial charge < -0.3 is 19.4 Å². The van der Waals surface area contributed by atoms with Crippen LogP contribution in [0.3, 0.4) is 0 Å². The highest BCUT2D eigenvalue weighted by Gasteiger charge is 2.15. The molecule has 4 rings (SSSR count). The maximum atomic E-state index is 12.4. The number of aromatic nitrogens is 3. The van der Waals surface area contributed by atoms with E-state index < -0.39 is 5.69 Å². The van der Waals surface area contributed by atoms with Gasteiger partial charge in [-0.25, -0.2) is 4.79 Å². The lowest BCUT2D eigenvalue weighted by Gasteiger charge is -2.10. The van der Waals surface area contributed by atoms with Crippen molar-refractivity contribution in [1.82, 2.24) is 19.0 Å². The van der Waals surface area contributed by atoms with Crippen molar-refractivity contribution < 1.29 is 14.3 Å². The highest BCUT2D eigenvalue weighted by molar-refractivity contribution is 5.80. The number of aryl methyl sites for hydroxylation is 1. The Kier molecular flexibility index (Phi) is 3.98. The first-order chi connectivity index (χ1) is 13.0. The standard InChI is InChI=1S/C18H18N4O5/c1-20-16-12(17(24)21(2)18(20)25)5-6-22(16)9-15(23)19-8-11-3-4-13-14(7-11)27-10-26-13/h3-7H,8-10H2,1-2H3,(H,19,23). The largest absolute Gasteiger partial charge is 0.454 e. The zero-order valence-electron chi connectivity index (χ0n) is 14.9. The zero-order valence-corrected chi connectivity index (χ0v) is 14.9. The first kappa shape index (κ1) is 17.0. The number of carbonyl (C=O) groups excluding carboxylic acids is 1. The minimum Gasteiger partial charge on any atom is -0.454 e. The second-order valence-electron chi connectivity index (χ2n) is 6.35. The Hall–Kier alpha value is -3.49. The van der Waals surface area contributed by atoms with Crippen molar-refractivity contribution in [1.29, 1.82) is 0 Å². The molecule has 9 heteroatoms. The number of nitrogens with one attached hydrogen (secondary N) is 1. The summed E-state index contributed by atoms with van der Waals surface area (Å²) in [5.41, 5.74) is 0.480. The Bertz CT molecular complexity index is 1170. The molecular weight excluding hydrogens is 352 g/mol. The summed E-state index contributed by atoms with van der Waals surface area (Å²) in [6, 6.07) is 7.09. The zero-order chi connectivity index (χ0) is 19.1. The number of hydrogen-bond acceptors (Lipinski definition) is 5. The van der Waals surface area contributed by atoms with Crippen LogP contribution in [-0.4, -0.2) is 26.4 Å². The maximum absolute atomic E-state index is 12.4. The third-order valence-corrected chi connectivity index (χ3v) is 4.60. The van der Waals surface area contributed by atoms with E-state index in [0.29, 0.717) is 29.1 Å². The average Bonchev–Trinajstić information content (AvgIpc) is 3.29. The van der Waals surface area contributed by atoms with Crippen molar-refractivity contribution in [3.05, 3.63) is 56.9 Å². The summed E-state index contributed by atoms with van der Waals surface area (Å²) in [4.78, 5) is 36.7. The number of carbonyl (C=O) groups is 1. The molecule has 1 aliphatic rings. The van der Waals surface area contributed by atoms with E-state index in [9.17, 15) is 14.4 Å². The molecule has 0 spiro atoms. The van der Waals surface area contributed by atoms with E-state index in [1.165, 1.54) is 11.6 Å². The number of hydrogen-bond donors (Lipinski definition) is 1. The predicted molar refractivity (Wildman–Crippen MR) is 96.8 cm³/mol. The van der Waals surface area contributed by atoms with Crippen molar-refractivity contribution in [3.63, 3.8) is 0 Å². The molecule has 0 saturated heterocycles. The maximum Gasteiger partial charge on any atom is 0.332 e. The Labute approximate surface area is 153 Å². The summed E-state index contributed by atoms with van der Waals surface area (Å²) in [5, 5.41) is 3.22. The second-order valence-corrected chi connectivity index (χ2v) is 6.35. The van der Waals surface area contributed by atoms with Gasteiger partial charge in [-0.2, -0.15) is 0 Å². The molecule has 0 radical (unpaired) electrons. The van der Waals surface area contributed by atoms with Crippen LogP contribution in [0, 0.1) is 0 Å². The number of ether oxygens (including phenoxy) is 2. The van der Waals surface area contributed by atoms with E-state index in [0.717, 1.165) is 10.1 Å². The van der Waals surface area contributed by atoms with E-state index in [2.05, 4.69) is 5.32 Å². The number of fused-ring (bicyclic) bond motifs is 2. The van der Waals surface area contributed by atoms with Crippen LogP contribution in [-0.2, 0) is 32.0 Å². The predicted octanol–water partition coefficient (Wildman–Crippen LogP) is 0.0838. The SMILES string of the molecule is Cn1c(=O)c2ccn(CC(=O)NCc3ccc4c(c3)OCO4)c2n(C)c1=O. The highest BCUT2D eigenvalue weighted by Crippen LogP contribution is 2.32. The first-order valence-corrected chi connectivity index (χ1v) is 8.36. The van der Waals surface area contributed by atoms with Crippen LogP contribution < -0.4 is 26.0 Å². The van der Waals surface area contributed by atoms with Crippen LogP contribution in [0.4, 0.5) is 0 Å².